The van der Waals surface area contributed by atoms with Crippen LogP contribution in [0.2, 0.25) is 0 Å². The molecule has 0 aromatic heterocycles. The van der Waals surface area contributed by atoms with Gasteiger partial charge in [0.05, 0.1) is 29.2 Å². The SMILES string of the molecule is C=CCN(C(=O)[C@@H]1[C@H]2C(=O)N([C@@H](CO)[C@@H](C)CC)C(C(=O)N(CC=C)c3c(C)cccc3C)C23S[C@@H]1CC3C)c1ccccc1. The monoisotopic (exact) mass is 629 g/mol. The molecule has 3 aliphatic rings. The molecule has 2 bridgehead atoms. The van der Waals surface area contributed by atoms with E-state index in [2.05, 4.69) is 20.1 Å². The molecule has 1 N–H and O–H groups in total. The van der Waals surface area contributed by atoms with Crippen molar-refractivity contribution in [2.45, 2.75) is 69.5 Å². The number of anilines is 2. The van der Waals surface area contributed by atoms with E-state index in [0.717, 1.165) is 35.3 Å². The van der Waals surface area contributed by atoms with Crippen molar-refractivity contribution in [3.05, 3.63) is 85.0 Å². The third-order valence-corrected chi connectivity index (χ3v) is 12.6. The lowest BCUT2D eigenvalue weighted by Gasteiger charge is -2.43. The zero-order valence-corrected chi connectivity index (χ0v) is 28.0. The molecule has 3 saturated heterocycles. The van der Waals surface area contributed by atoms with Crippen LogP contribution in [-0.2, 0) is 14.4 Å². The number of aliphatic hydroxyl groups excluding tert-OH is 1. The molecular weight excluding hydrogens is 582 g/mol. The van der Waals surface area contributed by atoms with Crippen molar-refractivity contribution in [3.8, 4) is 0 Å². The summed E-state index contributed by atoms with van der Waals surface area (Å²) >= 11 is 1.66. The van der Waals surface area contributed by atoms with Crippen LogP contribution in [0.3, 0.4) is 0 Å². The molecule has 8 heteroatoms. The lowest BCUT2D eigenvalue weighted by atomic mass is 9.65. The average Bonchev–Trinajstić information content (AvgIpc) is 3.63. The number of para-hydroxylation sites is 2. The summed E-state index contributed by atoms with van der Waals surface area (Å²) in [4.78, 5) is 50.0. The van der Waals surface area contributed by atoms with Crippen molar-refractivity contribution >= 4 is 40.9 Å². The maximum atomic E-state index is 15.2. The average molecular weight is 630 g/mol. The molecule has 240 valence electrons. The van der Waals surface area contributed by atoms with Gasteiger partial charge in [-0.05, 0) is 55.4 Å². The number of benzene rings is 2. The Labute approximate surface area is 272 Å². The molecule has 0 saturated carbocycles. The van der Waals surface area contributed by atoms with Crippen LogP contribution >= 0.6 is 11.8 Å². The first-order chi connectivity index (χ1) is 21.6. The fourth-order valence-electron chi connectivity index (χ4n) is 8.23. The molecule has 2 aromatic rings. The van der Waals surface area contributed by atoms with E-state index >= 15 is 4.79 Å². The van der Waals surface area contributed by atoms with Crippen molar-refractivity contribution in [2.24, 2.45) is 23.7 Å². The fourth-order valence-corrected chi connectivity index (χ4v) is 10.6. The normalized spacial score (nSPS) is 28.0. The Hall–Kier alpha value is -3.36. The molecule has 8 atom stereocenters. The lowest BCUT2D eigenvalue weighted by Crippen LogP contribution is -2.60. The third-order valence-electron chi connectivity index (χ3n) is 10.5. The van der Waals surface area contributed by atoms with Gasteiger partial charge in [0.2, 0.25) is 11.8 Å². The second kappa shape index (κ2) is 13.2. The highest BCUT2D eigenvalue weighted by atomic mass is 32.2. The summed E-state index contributed by atoms with van der Waals surface area (Å²) in [7, 11) is 0. The zero-order valence-electron chi connectivity index (χ0n) is 27.2. The van der Waals surface area contributed by atoms with Crippen molar-refractivity contribution in [3.63, 3.8) is 0 Å². The zero-order chi connectivity index (χ0) is 32.6. The summed E-state index contributed by atoms with van der Waals surface area (Å²) in [5, 5.41) is 10.7. The number of carbonyl (C=O) groups is 3. The molecule has 1 spiro atoms. The van der Waals surface area contributed by atoms with E-state index < -0.39 is 28.7 Å². The van der Waals surface area contributed by atoms with Gasteiger partial charge in [0, 0.05) is 29.7 Å². The fraction of sp³-hybridized carbons (Fsp3) is 0.486. The highest BCUT2D eigenvalue weighted by Gasteiger charge is 2.77. The number of carbonyl (C=O) groups excluding carboxylic acids is 3. The van der Waals surface area contributed by atoms with Gasteiger partial charge < -0.3 is 19.8 Å². The standard InChI is InChI=1S/C37H47N3O4S/c1-8-19-38(27-17-12-11-13-18-27)34(42)30-29-21-26(7)37(45-29)31(30)35(43)40(28(22-41)23(4)10-3)33(37)36(44)39(20-9-2)32-24(5)15-14-16-25(32)6/h8-9,11-18,23,26,28-31,33,41H,1-2,10,19-22H2,3-7H3/t23-,26?,28-,29+,30-,31-,33?,37?/m0/s1. The van der Waals surface area contributed by atoms with Gasteiger partial charge in [-0.3, -0.25) is 14.4 Å². The van der Waals surface area contributed by atoms with Crippen LogP contribution in [0.1, 0.15) is 44.7 Å². The van der Waals surface area contributed by atoms with Crippen LogP contribution in [0.25, 0.3) is 0 Å². The summed E-state index contributed by atoms with van der Waals surface area (Å²) in [6, 6.07) is 14.1. The number of hydrogen-bond donors (Lipinski definition) is 1. The molecule has 7 nitrogen and oxygen atoms in total. The summed E-state index contributed by atoms with van der Waals surface area (Å²) in [6.45, 7) is 18.4. The number of aliphatic hydroxyl groups is 1. The number of fused-ring (bicyclic) bond motifs is 1. The largest absolute Gasteiger partial charge is 0.394 e. The first-order valence-electron chi connectivity index (χ1n) is 16.1. The number of nitrogens with zero attached hydrogens (tertiary/aromatic N) is 3. The van der Waals surface area contributed by atoms with Gasteiger partial charge in [0.1, 0.15) is 6.04 Å². The predicted molar refractivity (Wildman–Crippen MR) is 183 cm³/mol. The number of thioether (sulfide) groups is 1. The summed E-state index contributed by atoms with van der Waals surface area (Å²) < 4.78 is -0.813. The number of aryl methyl sites for hydroxylation is 2. The van der Waals surface area contributed by atoms with E-state index in [9.17, 15) is 14.7 Å². The predicted octanol–water partition coefficient (Wildman–Crippen LogP) is 5.79. The van der Waals surface area contributed by atoms with Gasteiger partial charge in [-0.1, -0.05) is 75.7 Å². The van der Waals surface area contributed by atoms with Crippen LogP contribution in [0.15, 0.2) is 73.8 Å². The topological polar surface area (TPSA) is 81.2 Å². The second-order valence-electron chi connectivity index (χ2n) is 13.0. The van der Waals surface area contributed by atoms with E-state index in [1.807, 2.05) is 76.2 Å². The van der Waals surface area contributed by atoms with Crippen LogP contribution < -0.4 is 9.80 Å². The van der Waals surface area contributed by atoms with E-state index in [-0.39, 0.29) is 48.0 Å². The van der Waals surface area contributed by atoms with Crippen LogP contribution in [-0.4, -0.2) is 69.5 Å². The van der Waals surface area contributed by atoms with E-state index in [4.69, 9.17) is 0 Å². The maximum Gasteiger partial charge on any atom is 0.251 e. The van der Waals surface area contributed by atoms with E-state index in [0.29, 0.717) is 6.54 Å². The quantitative estimate of drug-likeness (QED) is 0.301. The molecule has 2 aromatic carbocycles. The van der Waals surface area contributed by atoms with Crippen molar-refractivity contribution in [2.75, 3.05) is 29.5 Å². The van der Waals surface area contributed by atoms with Crippen LogP contribution in [0.5, 0.6) is 0 Å². The summed E-state index contributed by atoms with van der Waals surface area (Å²) in [5.74, 6) is -1.80. The molecule has 3 aliphatic heterocycles. The van der Waals surface area contributed by atoms with E-state index in [1.165, 1.54) is 0 Å². The highest BCUT2D eigenvalue weighted by Crippen LogP contribution is 2.69. The van der Waals surface area contributed by atoms with Gasteiger partial charge in [-0.15, -0.1) is 24.9 Å². The van der Waals surface area contributed by atoms with Gasteiger partial charge in [-0.2, -0.15) is 0 Å². The van der Waals surface area contributed by atoms with E-state index in [1.54, 1.807) is 38.6 Å². The summed E-state index contributed by atoms with van der Waals surface area (Å²) in [6.07, 6.45) is 4.90. The Morgan fingerprint density at radius 1 is 1.04 bits per heavy atom. The van der Waals surface area contributed by atoms with Crippen LogP contribution in [0, 0.1) is 37.5 Å². The smallest absolute Gasteiger partial charge is 0.251 e. The molecule has 3 heterocycles. The summed E-state index contributed by atoms with van der Waals surface area (Å²) in [5.41, 5.74) is 3.50. The Morgan fingerprint density at radius 2 is 1.67 bits per heavy atom. The molecule has 45 heavy (non-hydrogen) atoms. The molecule has 0 radical (unpaired) electrons. The Kier molecular flexibility index (Phi) is 9.66. The molecule has 5 rings (SSSR count). The molecule has 3 amide bonds. The molecule has 3 fully saturated rings. The van der Waals surface area contributed by atoms with Gasteiger partial charge in [-0.25, -0.2) is 0 Å². The van der Waals surface area contributed by atoms with Gasteiger partial charge in [0.15, 0.2) is 0 Å². The Bertz CT molecular complexity index is 1440. The third kappa shape index (κ3) is 5.24. The number of amides is 3. The van der Waals surface area contributed by atoms with Crippen molar-refractivity contribution in [1.29, 1.82) is 0 Å². The lowest BCUT2D eigenvalue weighted by molar-refractivity contribution is -0.143. The minimum absolute atomic E-state index is 0.00820. The highest BCUT2D eigenvalue weighted by molar-refractivity contribution is 8.02. The molecular formula is C37H47N3O4S. The number of hydrogen-bond acceptors (Lipinski definition) is 5. The maximum absolute atomic E-state index is 15.2. The Morgan fingerprint density at radius 3 is 2.24 bits per heavy atom. The van der Waals surface area contributed by atoms with Gasteiger partial charge >= 0.3 is 0 Å². The minimum Gasteiger partial charge on any atom is -0.394 e. The molecule has 0 aliphatic carbocycles. The van der Waals surface area contributed by atoms with Crippen molar-refractivity contribution in [1.82, 2.24) is 4.90 Å². The molecule has 3 unspecified atom stereocenters. The second-order valence-corrected chi connectivity index (χ2v) is 14.5. The first kappa shape index (κ1) is 33.0. The van der Waals surface area contributed by atoms with Crippen LogP contribution in [0.4, 0.5) is 11.4 Å². The number of likely N-dealkylation sites (tertiary alicyclic amines) is 1. The Balaban J connectivity index is 1.67. The first-order valence-corrected chi connectivity index (χ1v) is 17.0. The minimum atomic E-state index is -0.840. The van der Waals surface area contributed by atoms with Crippen molar-refractivity contribution < 1.29 is 19.5 Å². The van der Waals surface area contributed by atoms with Gasteiger partial charge in [0.25, 0.3) is 5.91 Å². The number of rotatable bonds is 12.